The van der Waals surface area contributed by atoms with Crippen LogP contribution in [0.1, 0.15) is 58.8 Å². The Bertz CT molecular complexity index is 335. The highest BCUT2D eigenvalue weighted by Crippen LogP contribution is 2.38. The van der Waals surface area contributed by atoms with Crippen LogP contribution in [0.5, 0.6) is 0 Å². The summed E-state index contributed by atoms with van der Waals surface area (Å²) in [5, 5.41) is 0. The second-order valence-electron chi connectivity index (χ2n) is 8.63. The zero-order chi connectivity index (χ0) is 14.9. The fourth-order valence-electron chi connectivity index (χ4n) is 4.85. The van der Waals surface area contributed by atoms with Crippen LogP contribution < -0.4 is 5.73 Å². The molecule has 3 heteroatoms. The summed E-state index contributed by atoms with van der Waals surface area (Å²) in [4.78, 5) is 5.47. The van der Waals surface area contributed by atoms with Gasteiger partial charge in [0.25, 0.3) is 0 Å². The normalized spacial score (nSPS) is 38.7. The van der Waals surface area contributed by atoms with Gasteiger partial charge in [-0.2, -0.15) is 0 Å². The van der Waals surface area contributed by atoms with E-state index in [1.54, 1.807) is 0 Å². The van der Waals surface area contributed by atoms with Gasteiger partial charge in [0.05, 0.1) is 0 Å². The second-order valence-corrected chi connectivity index (χ2v) is 8.63. The van der Waals surface area contributed by atoms with Crippen LogP contribution in [0.2, 0.25) is 0 Å². The van der Waals surface area contributed by atoms with Crippen LogP contribution in [0.25, 0.3) is 0 Å². The lowest BCUT2D eigenvalue weighted by Gasteiger charge is -2.41. The van der Waals surface area contributed by atoms with Gasteiger partial charge in [0.15, 0.2) is 0 Å². The van der Waals surface area contributed by atoms with E-state index < -0.39 is 0 Å². The molecule has 2 heterocycles. The van der Waals surface area contributed by atoms with Gasteiger partial charge in [0.2, 0.25) is 0 Å². The molecule has 0 radical (unpaired) electrons. The molecule has 0 amide bonds. The van der Waals surface area contributed by atoms with Crippen molar-refractivity contribution < 1.29 is 0 Å². The summed E-state index contributed by atoms with van der Waals surface area (Å²) in [5.74, 6) is 0.717. The van der Waals surface area contributed by atoms with Crippen LogP contribution in [0.15, 0.2) is 0 Å². The molecule has 3 aliphatic rings. The summed E-state index contributed by atoms with van der Waals surface area (Å²) in [7, 11) is 0. The molecule has 3 nitrogen and oxygen atoms in total. The quantitative estimate of drug-likeness (QED) is 0.868. The first-order valence-corrected chi connectivity index (χ1v) is 9.25. The number of piperidine rings is 1. The molecular formula is C18H35N3. The number of hydrogen-bond donors (Lipinski definition) is 1. The van der Waals surface area contributed by atoms with Crippen molar-refractivity contribution in [1.29, 1.82) is 0 Å². The number of nitrogens with zero attached hydrogens (tertiary/aromatic N) is 2. The number of rotatable bonds is 3. The first-order chi connectivity index (χ1) is 10.0. The Hall–Kier alpha value is -0.120. The first-order valence-electron chi connectivity index (χ1n) is 9.25. The lowest BCUT2D eigenvalue weighted by atomic mass is 9.70. The Labute approximate surface area is 131 Å². The van der Waals surface area contributed by atoms with Crippen LogP contribution in [0.3, 0.4) is 0 Å². The third kappa shape index (κ3) is 4.00. The van der Waals surface area contributed by atoms with Crippen molar-refractivity contribution in [3.05, 3.63) is 0 Å². The van der Waals surface area contributed by atoms with Crippen molar-refractivity contribution >= 4 is 0 Å². The maximum Gasteiger partial charge on any atom is 0.0235 e. The van der Waals surface area contributed by atoms with Crippen molar-refractivity contribution in [3.63, 3.8) is 0 Å². The molecule has 122 valence electrons. The Balaban J connectivity index is 1.49. The Morgan fingerprint density at radius 1 is 1.05 bits per heavy atom. The number of nitrogens with two attached hydrogens (primary N) is 1. The average Bonchev–Trinajstić information content (AvgIpc) is 2.92. The predicted octanol–water partition coefficient (Wildman–Crippen LogP) is 2.70. The maximum absolute atomic E-state index is 6.42. The highest BCUT2D eigenvalue weighted by atomic mass is 15.3. The Morgan fingerprint density at radius 3 is 2.57 bits per heavy atom. The van der Waals surface area contributed by atoms with Crippen LogP contribution in [-0.2, 0) is 0 Å². The lowest BCUT2D eigenvalue weighted by molar-refractivity contribution is 0.115. The van der Waals surface area contributed by atoms with Gasteiger partial charge in [-0.25, -0.2) is 0 Å². The molecule has 0 aromatic rings. The maximum atomic E-state index is 6.42. The molecule has 1 saturated carbocycles. The predicted molar refractivity (Wildman–Crippen MR) is 89.4 cm³/mol. The van der Waals surface area contributed by atoms with Gasteiger partial charge in [-0.1, -0.05) is 20.3 Å². The molecule has 0 bridgehead atoms. The van der Waals surface area contributed by atoms with E-state index in [0.29, 0.717) is 17.4 Å². The number of hydrogen-bond acceptors (Lipinski definition) is 3. The molecule has 3 rings (SSSR count). The summed E-state index contributed by atoms with van der Waals surface area (Å²) in [6, 6.07) is 1.27. The van der Waals surface area contributed by atoms with Gasteiger partial charge in [-0.3, -0.25) is 4.90 Å². The zero-order valence-corrected chi connectivity index (χ0v) is 14.2. The summed E-state index contributed by atoms with van der Waals surface area (Å²) in [6.07, 6.45) is 9.50. The van der Waals surface area contributed by atoms with Gasteiger partial charge < -0.3 is 10.6 Å². The molecule has 3 fully saturated rings. The standard InChI is InChI=1S/C18H35N3/c1-18(2)8-6-17(19)15(12-18)13-20-11-7-16(14-20)21-9-4-3-5-10-21/h15-17H,3-14,19H2,1-2H3. The van der Waals surface area contributed by atoms with E-state index in [1.165, 1.54) is 77.7 Å². The largest absolute Gasteiger partial charge is 0.327 e. The van der Waals surface area contributed by atoms with Crippen molar-refractivity contribution in [2.75, 3.05) is 32.7 Å². The minimum atomic E-state index is 0.437. The summed E-state index contributed by atoms with van der Waals surface area (Å²) < 4.78 is 0. The van der Waals surface area contributed by atoms with Crippen LogP contribution in [-0.4, -0.2) is 54.6 Å². The van der Waals surface area contributed by atoms with Crippen molar-refractivity contribution in [3.8, 4) is 0 Å². The van der Waals surface area contributed by atoms with Crippen molar-refractivity contribution in [1.82, 2.24) is 9.80 Å². The van der Waals surface area contributed by atoms with Crippen LogP contribution in [0.4, 0.5) is 0 Å². The topological polar surface area (TPSA) is 32.5 Å². The smallest absolute Gasteiger partial charge is 0.0235 e. The molecule has 3 atom stereocenters. The van der Waals surface area contributed by atoms with E-state index in [-0.39, 0.29) is 0 Å². The van der Waals surface area contributed by atoms with Crippen molar-refractivity contribution in [2.24, 2.45) is 17.1 Å². The molecule has 0 aromatic heterocycles. The van der Waals surface area contributed by atoms with E-state index in [0.717, 1.165) is 6.04 Å². The second kappa shape index (κ2) is 6.55. The molecule has 1 aliphatic carbocycles. The van der Waals surface area contributed by atoms with E-state index >= 15 is 0 Å². The Kier molecular flexibility index (Phi) is 4.92. The van der Waals surface area contributed by atoms with E-state index in [2.05, 4.69) is 23.6 Å². The molecule has 2 saturated heterocycles. The zero-order valence-electron chi connectivity index (χ0n) is 14.2. The Morgan fingerprint density at radius 2 is 1.81 bits per heavy atom. The fourth-order valence-corrected chi connectivity index (χ4v) is 4.85. The molecule has 3 unspecified atom stereocenters. The van der Waals surface area contributed by atoms with E-state index in [9.17, 15) is 0 Å². The van der Waals surface area contributed by atoms with Crippen LogP contribution >= 0.6 is 0 Å². The third-order valence-electron chi connectivity index (χ3n) is 6.22. The van der Waals surface area contributed by atoms with Gasteiger partial charge in [0.1, 0.15) is 0 Å². The van der Waals surface area contributed by atoms with Crippen molar-refractivity contribution in [2.45, 2.75) is 70.9 Å². The van der Waals surface area contributed by atoms with Gasteiger partial charge in [-0.05, 0) is 69.5 Å². The van der Waals surface area contributed by atoms with Gasteiger partial charge >= 0.3 is 0 Å². The summed E-state index contributed by atoms with van der Waals surface area (Å²) >= 11 is 0. The highest BCUT2D eigenvalue weighted by Gasteiger charge is 2.36. The average molecular weight is 293 g/mol. The van der Waals surface area contributed by atoms with Crippen LogP contribution in [0, 0.1) is 11.3 Å². The highest BCUT2D eigenvalue weighted by molar-refractivity contribution is 4.91. The molecule has 2 N–H and O–H groups in total. The molecular weight excluding hydrogens is 258 g/mol. The fraction of sp³-hybridized carbons (Fsp3) is 1.00. The minimum Gasteiger partial charge on any atom is -0.327 e. The first kappa shape index (κ1) is 15.8. The summed E-state index contributed by atoms with van der Waals surface area (Å²) in [5.41, 5.74) is 6.93. The molecule has 0 aromatic carbocycles. The molecule has 0 spiro atoms. The monoisotopic (exact) mass is 293 g/mol. The molecule has 2 aliphatic heterocycles. The van der Waals surface area contributed by atoms with E-state index in [4.69, 9.17) is 5.73 Å². The SMILES string of the molecule is CC1(C)CCC(N)C(CN2CCC(N3CCCCC3)C2)C1. The van der Waals surface area contributed by atoms with Gasteiger partial charge in [0, 0.05) is 25.2 Å². The van der Waals surface area contributed by atoms with Gasteiger partial charge in [-0.15, -0.1) is 0 Å². The third-order valence-corrected chi connectivity index (χ3v) is 6.22. The number of likely N-dealkylation sites (tertiary alicyclic amines) is 2. The minimum absolute atomic E-state index is 0.437. The lowest BCUT2D eigenvalue weighted by Crippen LogP contribution is -2.46. The van der Waals surface area contributed by atoms with E-state index in [1.807, 2.05) is 0 Å². The summed E-state index contributed by atoms with van der Waals surface area (Å²) in [6.45, 7) is 11.4. The molecule has 21 heavy (non-hydrogen) atoms.